The maximum Gasteiger partial charge on any atom is 0.347 e. The van der Waals surface area contributed by atoms with E-state index in [0.29, 0.717) is 17.1 Å². The molecule has 0 atom stereocenters. The van der Waals surface area contributed by atoms with E-state index in [1.807, 2.05) is 26.1 Å². The summed E-state index contributed by atoms with van der Waals surface area (Å²) in [5.74, 6) is 0.672. The average Bonchev–Trinajstić information content (AvgIpc) is 3.07. The first-order valence-corrected chi connectivity index (χ1v) is 6.71. The molecule has 2 heterocycles. The topological polar surface area (TPSA) is 74.8 Å². The van der Waals surface area contributed by atoms with Crippen LogP contribution < -0.4 is 4.74 Å². The molecular formula is C15H15N5O2. The minimum Gasteiger partial charge on any atom is -0.423 e. The third-order valence-corrected chi connectivity index (χ3v) is 3.38. The first-order chi connectivity index (χ1) is 10.5. The largest absolute Gasteiger partial charge is 0.423 e. The van der Waals surface area contributed by atoms with Crippen molar-refractivity contribution in [2.45, 2.75) is 6.92 Å². The molecule has 0 N–H and O–H groups in total. The lowest BCUT2D eigenvalue weighted by Gasteiger charge is -2.04. The van der Waals surface area contributed by atoms with Crippen LogP contribution in [0.5, 0.6) is 5.75 Å². The van der Waals surface area contributed by atoms with Crippen LogP contribution in [0, 0.1) is 6.92 Å². The van der Waals surface area contributed by atoms with Crippen LogP contribution in [0.15, 0.2) is 36.8 Å². The second-order valence-corrected chi connectivity index (χ2v) is 4.92. The molecular weight excluding hydrogens is 282 g/mol. The van der Waals surface area contributed by atoms with Crippen molar-refractivity contribution in [1.29, 1.82) is 0 Å². The molecule has 3 rings (SSSR count). The summed E-state index contributed by atoms with van der Waals surface area (Å²) in [7, 11) is 3.59. The number of carbonyl (C=O) groups excluding carboxylic acids is 1. The van der Waals surface area contributed by atoms with Gasteiger partial charge in [-0.25, -0.2) is 9.78 Å². The molecule has 0 aliphatic heterocycles. The Bertz CT molecular complexity index is 817. The molecule has 0 aliphatic rings. The fraction of sp³-hybridized carbons (Fsp3) is 0.200. The average molecular weight is 297 g/mol. The minimum absolute atomic E-state index is 0.422. The number of esters is 1. The van der Waals surface area contributed by atoms with Crippen molar-refractivity contribution >= 4 is 5.97 Å². The molecule has 0 amide bonds. The molecule has 0 fully saturated rings. The molecule has 1 aromatic carbocycles. The van der Waals surface area contributed by atoms with Gasteiger partial charge in [-0.15, -0.1) is 0 Å². The SMILES string of the molecule is Cc1c(C(=O)Oc2ccc(-c3ncn(C)n3)cc2)cnn1C. The van der Waals surface area contributed by atoms with E-state index in [2.05, 4.69) is 15.2 Å². The maximum atomic E-state index is 12.1. The van der Waals surface area contributed by atoms with Gasteiger partial charge in [0.1, 0.15) is 17.6 Å². The quantitative estimate of drug-likeness (QED) is 0.544. The first-order valence-electron chi connectivity index (χ1n) is 6.71. The van der Waals surface area contributed by atoms with Crippen LogP contribution in [0.3, 0.4) is 0 Å². The van der Waals surface area contributed by atoms with Crippen LogP contribution in [0.4, 0.5) is 0 Å². The molecule has 0 radical (unpaired) electrons. The molecule has 7 heteroatoms. The van der Waals surface area contributed by atoms with Crippen LogP contribution in [-0.2, 0) is 14.1 Å². The number of hydrogen-bond acceptors (Lipinski definition) is 5. The maximum absolute atomic E-state index is 12.1. The molecule has 0 saturated carbocycles. The van der Waals surface area contributed by atoms with Crippen molar-refractivity contribution in [1.82, 2.24) is 24.5 Å². The van der Waals surface area contributed by atoms with E-state index in [1.165, 1.54) is 6.20 Å². The monoisotopic (exact) mass is 297 g/mol. The number of rotatable bonds is 3. The fourth-order valence-electron chi connectivity index (χ4n) is 2.00. The number of ether oxygens (including phenoxy) is 1. The lowest BCUT2D eigenvalue weighted by Crippen LogP contribution is -2.09. The van der Waals surface area contributed by atoms with Crippen LogP contribution in [-0.4, -0.2) is 30.5 Å². The third kappa shape index (κ3) is 2.60. The van der Waals surface area contributed by atoms with Gasteiger partial charge in [0.05, 0.1) is 6.20 Å². The van der Waals surface area contributed by atoms with Crippen LogP contribution in [0.2, 0.25) is 0 Å². The highest BCUT2D eigenvalue weighted by Gasteiger charge is 2.15. The molecule has 22 heavy (non-hydrogen) atoms. The van der Waals surface area contributed by atoms with E-state index >= 15 is 0 Å². The summed E-state index contributed by atoms with van der Waals surface area (Å²) in [6.45, 7) is 1.82. The van der Waals surface area contributed by atoms with E-state index in [1.54, 1.807) is 34.9 Å². The second kappa shape index (κ2) is 5.44. The Morgan fingerprint density at radius 3 is 2.45 bits per heavy atom. The first kappa shape index (κ1) is 14.0. The molecule has 0 aliphatic carbocycles. The summed E-state index contributed by atoms with van der Waals surface area (Å²) in [6, 6.07) is 7.06. The predicted octanol–water partition coefficient (Wildman–Crippen LogP) is 1.74. The van der Waals surface area contributed by atoms with E-state index in [4.69, 9.17) is 4.74 Å². The molecule has 112 valence electrons. The van der Waals surface area contributed by atoms with Gasteiger partial charge in [-0.1, -0.05) is 0 Å². The number of aromatic nitrogens is 5. The molecule has 0 saturated heterocycles. The summed E-state index contributed by atoms with van der Waals surface area (Å²) < 4.78 is 8.62. The van der Waals surface area contributed by atoms with Crippen LogP contribution in [0.25, 0.3) is 11.4 Å². The predicted molar refractivity (Wildman–Crippen MR) is 79.3 cm³/mol. The van der Waals surface area contributed by atoms with E-state index in [0.717, 1.165) is 11.3 Å². The van der Waals surface area contributed by atoms with E-state index in [-0.39, 0.29) is 0 Å². The van der Waals surface area contributed by atoms with Crippen LogP contribution >= 0.6 is 0 Å². The summed E-state index contributed by atoms with van der Waals surface area (Å²) in [5.41, 5.74) is 2.08. The molecule has 0 spiro atoms. The van der Waals surface area contributed by atoms with Crippen molar-refractivity contribution in [2.24, 2.45) is 14.1 Å². The smallest absolute Gasteiger partial charge is 0.347 e. The Morgan fingerprint density at radius 2 is 1.91 bits per heavy atom. The number of carbonyl (C=O) groups is 1. The normalized spacial score (nSPS) is 10.7. The lowest BCUT2D eigenvalue weighted by molar-refractivity contribution is 0.0734. The van der Waals surface area contributed by atoms with Crippen molar-refractivity contribution in [3.05, 3.63) is 48.0 Å². The van der Waals surface area contributed by atoms with Gasteiger partial charge < -0.3 is 4.74 Å². The van der Waals surface area contributed by atoms with Gasteiger partial charge >= 0.3 is 5.97 Å². The molecule has 0 bridgehead atoms. The summed E-state index contributed by atoms with van der Waals surface area (Å²) >= 11 is 0. The molecule has 0 unspecified atom stereocenters. The van der Waals surface area contributed by atoms with Gasteiger partial charge in [-0.2, -0.15) is 10.2 Å². The van der Waals surface area contributed by atoms with Crippen molar-refractivity contribution < 1.29 is 9.53 Å². The highest BCUT2D eigenvalue weighted by atomic mass is 16.5. The molecule has 2 aromatic heterocycles. The highest BCUT2D eigenvalue weighted by molar-refractivity contribution is 5.92. The number of benzene rings is 1. The van der Waals surface area contributed by atoms with Gasteiger partial charge in [0.15, 0.2) is 5.82 Å². The third-order valence-electron chi connectivity index (χ3n) is 3.38. The zero-order valence-electron chi connectivity index (χ0n) is 12.5. The van der Waals surface area contributed by atoms with E-state index < -0.39 is 5.97 Å². The van der Waals surface area contributed by atoms with Crippen molar-refractivity contribution in [3.8, 4) is 17.1 Å². The second-order valence-electron chi connectivity index (χ2n) is 4.92. The molecule has 3 aromatic rings. The number of hydrogen-bond donors (Lipinski definition) is 0. The Hall–Kier alpha value is -2.96. The Balaban J connectivity index is 1.76. The Morgan fingerprint density at radius 1 is 1.18 bits per heavy atom. The standard InChI is InChI=1S/C15H15N5O2/c1-10-13(8-17-20(10)3)15(21)22-12-6-4-11(5-7-12)14-16-9-19(2)18-14/h4-9H,1-3H3. The molecule has 7 nitrogen and oxygen atoms in total. The highest BCUT2D eigenvalue weighted by Crippen LogP contribution is 2.20. The zero-order valence-corrected chi connectivity index (χ0v) is 12.5. The van der Waals surface area contributed by atoms with Crippen molar-refractivity contribution in [3.63, 3.8) is 0 Å². The van der Waals surface area contributed by atoms with Crippen LogP contribution in [0.1, 0.15) is 16.1 Å². The summed E-state index contributed by atoms with van der Waals surface area (Å²) in [5, 5.41) is 8.25. The Kier molecular flexibility index (Phi) is 3.46. The minimum atomic E-state index is -0.422. The van der Waals surface area contributed by atoms with Gasteiger partial charge in [-0.05, 0) is 31.2 Å². The summed E-state index contributed by atoms with van der Waals surface area (Å²) in [4.78, 5) is 16.3. The van der Waals surface area contributed by atoms with Gasteiger partial charge in [0.25, 0.3) is 0 Å². The van der Waals surface area contributed by atoms with Gasteiger partial charge in [0, 0.05) is 25.4 Å². The number of aryl methyl sites for hydroxylation is 2. The van der Waals surface area contributed by atoms with Crippen molar-refractivity contribution in [2.75, 3.05) is 0 Å². The van der Waals surface area contributed by atoms with Gasteiger partial charge in [0.2, 0.25) is 0 Å². The van der Waals surface area contributed by atoms with E-state index in [9.17, 15) is 4.79 Å². The summed E-state index contributed by atoms with van der Waals surface area (Å²) in [6.07, 6.45) is 3.14. The number of nitrogens with zero attached hydrogens (tertiary/aromatic N) is 5. The Labute approximate surface area is 127 Å². The zero-order chi connectivity index (χ0) is 15.7. The lowest BCUT2D eigenvalue weighted by atomic mass is 10.2. The fourth-order valence-corrected chi connectivity index (χ4v) is 2.00. The van der Waals surface area contributed by atoms with Gasteiger partial charge in [-0.3, -0.25) is 9.36 Å².